The Bertz CT molecular complexity index is 790. The number of fused-ring (bicyclic) bond motifs is 1. The Hall–Kier alpha value is -2.09. The van der Waals surface area contributed by atoms with Crippen LogP contribution in [0.4, 0.5) is 5.69 Å². The Morgan fingerprint density at radius 1 is 1.31 bits per heavy atom. The summed E-state index contributed by atoms with van der Waals surface area (Å²) < 4.78 is 7.51. The van der Waals surface area contributed by atoms with Crippen LogP contribution in [0, 0.1) is 0 Å². The van der Waals surface area contributed by atoms with Crippen LogP contribution in [0.25, 0.3) is 10.9 Å². The first-order chi connectivity index (χ1) is 12.0. The zero-order valence-corrected chi connectivity index (χ0v) is 15.8. The van der Waals surface area contributed by atoms with Crippen LogP contribution in [0.1, 0.15) is 12.8 Å². The molecule has 1 aromatic heterocycles. The molecule has 1 aliphatic rings. The van der Waals surface area contributed by atoms with Gasteiger partial charge in [-0.3, -0.25) is 9.59 Å². The monoisotopic (exact) mass is 380 g/mol. The van der Waals surface area contributed by atoms with E-state index in [1.807, 2.05) is 35.0 Å². The smallest absolute Gasteiger partial charge is 0.253 e. The van der Waals surface area contributed by atoms with Gasteiger partial charge in [0.25, 0.3) is 5.91 Å². The van der Waals surface area contributed by atoms with Gasteiger partial charge in [0.1, 0.15) is 12.6 Å². The van der Waals surface area contributed by atoms with Crippen molar-refractivity contribution in [3.8, 4) is 0 Å². The van der Waals surface area contributed by atoms with Crippen LogP contribution >= 0.6 is 12.4 Å². The summed E-state index contributed by atoms with van der Waals surface area (Å²) >= 11 is 0. The standard InChI is InChI=1S/C18H24N4O3.ClH/c1-21(2)17(23)11-22-8-7-12-3-4-13(9-15(12)22)20-18(24)16-6-5-14(10-19)25-16;/h3-4,7-9,14,16H,5-6,10-11,19H2,1-2H3,(H,20,24);1H/t14-,16+;/m1./s1. The number of hydrogen-bond acceptors (Lipinski definition) is 4. The zero-order valence-electron chi connectivity index (χ0n) is 15.0. The molecule has 0 unspecified atom stereocenters. The molecule has 0 bridgehead atoms. The van der Waals surface area contributed by atoms with Gasteiger partial charge in [0, 0.05) is 32.5 Å². The molecule has 8 heteroatoms. The number of carbonyl (C=O) groups is 2. The van der Waals surface area contributed by atoms with Crippen molar-refractivity contribution in [3.05, 3.63) is 30.5 Å². The fourth-order valence-corrected chi connectivity index (χ4v) is 2.98. The molecule has 2 atom stereocenters. The van der Waals surface area contributed by atoms with Gasteiger partial charge >= 0.3 is 0 Å². The van der Waals surface area contributed by atoms with E-state index in [2.05, 4.69) is 5.32 Å². The third-order valence-electron chi connectivity index (χ3n) is 4.51. The summed E-state index contributed by atoms with van der Waals surface area (Å²) in [5, 5.41) is 3.92. The highest BCUT2D eigenvalue weighted by Gasteiger charge is 2.29. The van der Waals surface area contributed by atoms with E-state index in [1.165, 1.54) is 0 Å². The van der Waals surface area contributed by atoms with Crippen LogP contribution in [-0.2, 0) is 20.9 Å². The molecule has 26 heavy (non-hydrogen) atoms. The second kappa shape index (κ2) is 8.53. The lowest BCUT2D eigenvalue weighted by Crippen LogP contribution is -2.29. The molecule has 2 aromatic rings. The van der Waals surface area contributed by atoms with Crippen molar-refractivity contribution < 1.29 is 14.3 Å². The molecule has 1 saturated heterocycles. The summed E-state index contributed by atoms with van der Waals surface area (Å²) in [6.45, 7) is 0.695. The second-order valence-electron chi connectivity index (χ2n) is 6.55. The molecular formula is C18H25ClN4O3. The summed E-state index contributed by atoms with van der Waals surface area (Å²) in [5.41, 5.74) is 7.18. The van der Waals surface area contributed by atoms with E-state index in [0.29, 0.717) is 18.7 Å². The Morgan fingerprint density at radius 3 is 2.73 bits per heavy atom. The van der Waals surface area contributed by atoms with Crippen LogP contribution in [0.3, 0.4) is 0 Å². The molecule has 0 saturated carbocycles. The molecule has 142 valence electrons. The minimum Gasteiger partial charge on any atom is -0.364 e. The Balaban J connectivity index is 0.00000243. The molecule has 2 amide bonds. The molecule has 7 nitrogen and oxygen atoms in total. The Kier molecular flexibility index (Phi) is 6.63. The summed E-state index contributed by atoms with van der Waals surface area (Å²) in [6, 6.07) is 7.62. The highest BCUT2D eigenvalue weighted by atomic mass is 35.5. The predicted octanol–water partition coefficient (Wildman–Crippen LogP) is 1.60. The van der Waals surface area contributed by atoms with Gasteiger partial charge in [-0.2, -0.15) is 0 Å². The number of amides is 2. The highest BCUT2D eigenvalue weighted by molar-refractivity contribution is 5.96. The maximum atomic E-state index is 12.4. The lowest BCUT2D eigenvalue weighted by Gasteiger charge is -2.14. The molecule has 3 N–H and O–H groups in total. The SMILES string of the molecule is CN(C)C(=O)Cn1ccc2ccc(NC(=O)[C@@H]3CC[C@H](CN)O3)cc21.Cl. The molecule has 1 fully saturated rings. The summed E-state index contributed by atoms with van der Waals surface area (Å²) in [7, 11) is 3.46. The normalized spacial score (nSPS) is 19.2. The molecule has 0 spiro atoms. The lowest BCUT2D eigenvalue weighted by atomic mass is 10.2. The van der Waals surface area contributed by atoms with E-state index in [4.69, 9.17) is 10.5 Å². The topological polar surface area (TPSA) is 89.6 Å². The first-order valence-corrected chi connectivity index (χ1v) is 8.43. The average molecular weight is 381 g/mol. The van der Waals surface area contributed by atoms with Crippen molar-refractivity contribution in [1.29, 1.82) is 0 Å². The third kappa shape index (κ3) is 4.35. The predicted molar refractivity (Wildman–Crippen MR) is 103 cm³/mol. The van der Waals surface area contributed by atoms with E-state index in [-0.39, 0.29) is 36.9 Å². The van der Waals surface area contributed by atoms with Gasteiger partial charge < -0.3 is 25.3 Å². The van der Waals surface area contributed by atoms with Gasteiger partial charge in [-0.05, 0) is 36.4 Å². The number of benzene rings is 1. The number of aromatic nitrogens is 1. The number of carbonyl (C=O) groups excluding carboxylic acids is 2. The lowest BCUT2D eigenvalue weighted by molar-refractivity contribution is -0.129. The highest BCUT2D eigenvalue weighted by Crippen LogP contribution is 2.23. The first-order valence-electron chi connectivity index (χ1n) is 8.43. The van der Waals surface area contributed by atoms with Gasteiger partial charge in [0.2, 0.25) is 5.91 Å². The fourth-order valence-electron chi connectivity index (χ4n) is 2.98. The van der Waals surface area contributed by atoms with Crippen LogP contribution < -0.4 is 11.1 Å². The van der Waals surface area contributed by atoms with Gasteiger partial charge in [0.05, 0.1) is 11.6 Å². The molecule has 0 aliphatic carbocycles. The maximum Gasteiger partial charge on any atom is 0.253 e. The molecule has 0 radical (unpaired) electrons. The Morgan fingerprint density at radius 2 is 2.08 bits per heavy atom. The van der Waals surface area contributed by atoms with E-state index in [0.717, 1.165) is 17.3 Å². The number of likely N-dealkylation sites (N-methyl/N-ethyl adjacent to an activating group) is 1. The first kappa shape index (κ1) is 20.2. The van der Waals surface area contributed by atoms with E-state index >= 15 is 0 Å². The van der Waals surface area contributed by atoms with Gasteiger partial charge in [-0.25, -0.2) is 0 Å². The van der Waals surface area contributed by atoms with Crippen molar-refractivity contribution in [1.82, 2.24) is 9.47 Å². The van der Waals surface area contributed by atoms with Crippen molar-refractivity contribution in [2.45, 2.75) is 31.6 Å². The number of nitrogens with one attached hydrogen (secondary N) is 1. The number of nitrogens with zero attached hydrogens (tertiary/aromatic N) is 2. The number of halogens is 1. The van der Waals surface area contributed by atoms with E-state index in [1.54, 1.807) is 19.0 Å². The van der Waals surface area contributed by atoms with Crippen LogP contribution in [0.5, 0.6) is 0 Å². The number of rotatable bonds is 5. The number of nitrogens with two attached hydrogens (primary N) is 1. The van der Waals surface area contributed by atoms with Crippen LogP contribution in [0.15, 0.2) is 30.5 Å². The largest absolute Gasteiger partial charge is 0.364 e. The molecular weight excluding hydrogens is 356 g/mol. The van der Waals surface area contributed by atoms with Crippen LogP contribution in [0.2, 0.25) is 0 Å². The Labute approximate surface area is 158 Å². The fraction of sp³-hybridized carbons (Fsp3) is 0.444. The minimum atomic E-state index is -0.452. The number of ether oxygens (including phenoxy) is 1. The van der Waals surface area contributed by atoms with Gasteiger partial charge in [0.15, 0.2) is 0 Å². The summed E-state index contributed by atoms with van der Waals surface area (Å²) in [5.74, 6) is -0.142. The van der Waals surface area contributed by atoms with E-state index < -0.39 is 6.10 Å². The third-order valence-corrected chi connectivity index (χ3v) is 4.51. The quantitative estimate of drug-likeness (QED) is 0.824. The molecule has 1 aliphatic heterocycles. The second-order valence-corrected chi connectivity index (χ2v) is 6.55. The van der Waals surface area contributed by atoms with Crippen molar-refractivity contribution in [2.75, 3.05) is 26.0 Å². The number of hydrogen-bond donors (Lipinski definition) is 2. The van der Waals surface area contributed by atoms with Crippen LogP contribution in [-0.4, -0.2) is 54.1 Å². The minimum absolute atomic E-state index is 0. The molecule has 2 heterocycles. The van der Waals surface area contributed by atoms with Gasteiger partial charge in [-0.1, -0.05) is 6.07 Å². The maximum absolute atomic E-state index is 12.4. The molecule has 3 rings (SSSR count). The van der Waals surface area contributed by atoms with Crippen molar-refractivity contribution in [3.63, 3.8) is 0 Å². The van der Waals surface area contributed by atoms with E-state index in [9.17, 15) is 9.59 Å². The zero-order chi connectivity index (χ0) is 18.0. The van der Waals surface area contributed by atoms with Crippen molar-refractivity contribution in [2.24, 2.45) is 5.73 Å². The number of anilines is 1. The molecule has 1 aromatic carbocycles. The van der Waals surface area contributed by atoms with Gasteiger partial charge in [-0.15, -0.1) is 12.4 Å². The average Bonchev–Trinajstić information content (AvgIpc) is 3.22. The van der Waals surface area contributed by atoms with Crippen molar-refractivity contribution >= 4 is 40.8 Å². The summed E-state index contributed by atoms with van der Waals surface area (Å²) in [4.78, 5) is 25.9. The summed E-state index contributed by atoms with van der Waals surface area (Å²) in [6.07, 6.45) is 2.88.